The van der Waals surface area contributed by atoms with E-state index in [9.17, 15) is 4.79 Å². The lowest BCUT2D eigenvalue weighted by Gasteiger charge is -2.33. The van der Waals surface area contributed by atoms with Crippen LogP contribution < -0.4 is 5.32 Å². The number of carbonyl (C=O) groups is 1. The van der Waals surface area contributed by atoms with Crippen LogP contribution in [0.15, 0.2) is 12.2 Å². The van der Waals surface area contributed by atoms with E-state index in [0.717, 1.165) is 38.4 Å². The SMILES string of the molecule is COC(=O)N1CCC[C@H](NC[C@H]2CC=CCC2)C1. The van der Waals surface area contributed by atoms with Gasteiger partial charge in [-0.1, -0.05) is 12.2 Å². The summed E-state index contributed by atoms with van der Waals surface area (Å²) in [6.07, 6.45) is 10.3. The van der Waals surface area contributed by atoms with Crippen LogP contribution in [0.3, 0.4) is 0 Å². The predicted octanol–water partition coefficient (Wildman–Crippen LogP) is 2.16. The molecule has 0 spiro atoms. The summed E-state index contributed by atoms with van der Waals surface area (Å²) < 4.78 is 4.78. The van der Waals surface area contributed by atoms with E-state index in [2.05, 4.69) is 17.5 Å². The first-order valence-electron chi connectivity index (χ1n) is 7.01. The molecule has 1 fully saturated rings. The summed E-state index contributed by atoms with van der Waals surface area (Å²) in [6.45, 7) is 2.69. The number of piperidine rings is 1. The molecule has 1 aliphatic carbocycles. The molecule has 18 heavy (non-hydrogen) atoms. The monoisotopic (exact) mass is 252 g/mol. The number of hydrogen-bond acceptors (Lipinski definition) is 3. The molecule has 1 heterocycles. The Kier molecular flexibility index (Phi) is 5.05. The molecule has 102 valence electrons. The van der Waals surface area contributed by atoms with Gasteiger partial charge in [-0.2, -0.15) is 0 Å². The number of nitrogens with one attached hydrogen (secondary N) is 1. The van der Waals surface area contributed by atoms with E-state index in [4.69, 9.17) is 4.74 Å². The summed E-state index contributed by atoms with van der Waals surface area (Å²) in [5.74, 6) is 0.767. The van der Waals surface area contributed by atoms with Crippen molar-refractivity contribution in [2.75, 3.05) is 26.7 Å². The van der Waals surface area contributed by atoms with Crippen molar-refractivity contribution < 1.29 is 9.53 Å². The predicted molar refractivity (Wildman–Crippen MR) is 71.5 cm³/mol. The number of allylic oxidation sites excluding steroid dienone is 2. The average Bonchev–Trinajstić information content (AvgIpc) is 2.45. The average molecular weight is 252 g/mol. The van der Waals surface area contributed by atoms with Gasteiger partial charge in [-0.25, -0.2) is 4.79 Å². The minimum absolute atomic E-state index is 0.193. The lowest BCUT2D eigenvalue weighted by atomic mass is 9.94. The summed E-state index contributed by atoms with van der Waals surface area (Å²) in [6, 6.07) is 0.434. The maximum Gasteiger partial charge on any atom is 0.409 e. The van der Waals surface area contributed by atoms with Crippen molar-refractivity contribution in [1.82, 2.24) is 10.2 Å². The zero-order chi connectivity index (χ0) is 12.8. The second kappa shape index (κ2) is 6.78. The van der Waals surface area contributed by atoms with Crippen LogP contribution in [0.1, 0.15) is 32.1 Å². The minimum Gasteiger partial charge on any atom is -0.453 e. The largest absolute Gasteiger partial charge is 0.453 e. The molecular weight excluding hydrogens is 228 g/mol. The molecular formula is C14H24N2O2. The van der Waals surface area contributed by atoms with Gasteiger partial charge in [-0.3, -0.25) is 0 Å². The molecule has 0 saturated carbocycles. The molecule has 1 N–H and O–H groups in total. The third-order valence-corrected chi connectivity index (χ3v) is 3.93. The molecule has 2 rings (SSSR count). The summed E-state index contributed by atoms with van der Waals surface area (Å²) in [7, 11) is 1.45. The topological polar surface area (TPSA) is 41.6 Å². The fourth-order valence-corrected chi connectivity index (χ4v) is 2.81. The first-order chi connectivity index (χ1) is 8.79. The molecule has 0 unspecified atom stereocenters. The van der Waals surface area contributed by atoms with E-state index in [-0.39, 0.29) is 6.09 Å². The van der Waals surface area contributed by atoms with E-state index in [1.54, 1.807) is 0 Å². The second-order valence-electron chi connectivity index (χ2n) is 5.31. The lowest BCUT2D eigenvalue weighted by molar-refractivity contribution is 0.107. The van der Waals surface area contributed by atoms with Gasteiger partial charge in [-0.05, 0) is 44.6 Å². The summed E-state index contributed by atoms with van der Waals surface area (Å²) >= 11 is 0. The van der Waals surface area contributed by atoms with Gasteiger partial charge < -0.3 is 15.0 Å². The Morgan fingerprint density at radius 2 is 2.33 bits per heavy atom. The first kappa shape index (κ1) is 13.4. The van der Waals surface area contributed by atoms with Crippen molar-refractivity contribution in [3.63, 3.8) is 0 Å². The highest BCUT2D eigenvalue weighted by Crippen LogP contribution is 2.18. The van der Waals surface area contributed by atoms with Crippen molar-refractivity contribution >= 4 is 6.09 Å². The minimum atomic E-state index is -0.193. The Bertz CT molecular complexity index is 304. The maximum absolute atomic E-state index is 11.5. The highest BCUT2D eigenvalue weighted by atomic mass is 16.5. The van der Waals surface area contributed by atoms with Crippen molar-refractivity contribution in [3.05, 3.63) is 12.2 Å². The molecule has 1 aliphatic heterocycles. The van der Waals surface area contributed by atoms with Crippen molar-refractivity contribution in [1.29, 1.82) is 0 Å². The second-order valence-corrected chi connectivity index (χ2v) is 5.31. The van der Waals surface area contributed by atoms with Crippen LogP contribution >= 0.6 is 0 Å². The van der Waals surface area contributed by atoms with Gasteiger partial charge in [0.1, 0.15) is 0 Å². The number of nitrogens with zero attached hydrogens (tertiary/aromatic N) is 1. The third kappa shape index (κ3) is 3.73. The summed E-state index contributed by atoms with van der Waals surface area (Å²) in [4.78, 5) is 13.3. The summed E-state index contributed by atoms with van der Waals surface area (Å²) in [5, 5.41) is 3.62. The fraction of sp³-hybridized carbons (Fsp3) is 0.786. The number of carbonyl (C=O) groups excluding carboxylic acids is 1. The van der Waals surface area contributed by atoms with E-state index in [1.165, 1.54) is 26.4 Å². The molecule has 4 nitrogen and oxygen atoms in total. The Hall–Kier alpha value is -1.03. The molecule has 1 saturated heterocycles. The standard InChI is InChI=1S/C14H24N2O2/c1-18-14(17)16-9-5-8-13(11-16)15-10-12-6-3-2-4-7-12/h2-3,12-13,15H,4-11H2,1H3/t12-,13-/m0/s1. The van der Waals surface area contributed by atoms with E-state index < -0.39 is 0 Å². The van der Waals surface area contributed by atoms with Gasteiger partial charge in [0.05, 0.1) is 7.11 Å². The van der Waals surface area contributed by atoms with E-state index in [0.29, 0.717) is 6.04 Å². The Morgan fingerprint density at radius 3 is 3.06 bits per heavy atom. The number of hydrogen-bond donors (Lipinski definition) is 1. The Labute approximate surface area is 109 Å². The molecule has 0 aromatic carbocycles. The fourth-order valence-electron chi connectivity index (χ4n) is 2.81. The Morgan fingerprint density at radius 1 is 1.44 bits per heavy atom. The van der Waals surface area contributed by atoms with Crippen LogP contribution in [0.4, 0.5) is 4.79 Å². The molecule has 0 aromatic heterocycles. The van der Waals surface area contributed by atoms with Gasteiger partial charge in [0.15, 0.2) is 0 Å². The van der Waals surface area contributed by atoms with Gasteiger partial charge in [-0.15, -0.1) is 0 Å². The van der Waals surface area contributed by atoms with Crippen molar-refractivity contribution in [2.24, 2.45) is 5.92 Å². The molecule has 0 radical (unpaired) electrons. The van der Waals surface area contributed by atoms with Crippen LogP contribution in [-0.2, 0) is 4.74 Å². The van der Waals surface area contributed by atoms with Gasteiger partial charge >= 0.3 is 6.09 Å². The highest BCUT2D eigenvalue weighted by Gasteiger charge is 2.24. The zero-order valence-electron chi connectivity index (χ0n) is 11.2. The quantitative estimate of drug-likeness (QED) is 0.783. The van der Waals surface area contributed by atoms with E-state index in [1.807, 2.05) is 4.90 Å². The van der Waals surface area contributed by atoms with Gasteiger partial charge in [0.2, 0.25) is 0 Å². The van der Waals surface area contributed by atoms with Crippen molar-refractivity contribution in [2.45, 2.75) is 38.1 Å². The molecule has 0 bridgehead atoms. The van der Waals surface area contributed by atoms with Gasteiger partial charge in [0, 0.05) is 19.1 Å². The zero-order valence-corrected chi connectivity index (χ0v) is 11.2. The number of likely N-dealkylation sites (tertiary alicyclic amines) is 1. The van der Waals surface area contributed by atoms with Crippen LogP contribution in [0.5, 0.6) is 0 Å². The van der Waals surface area contributed by atoms with Gasteiger partial charge in [0.25, 0.3) is 0 Å². The highest BCUT2D eigenvalue weighted by molar-refractivity contribution is 5.67. The van der Waals surface area contributed by atoms with Crippen LogP contribution in [0.2, 0.25) is 0 Å². The number of ether oxygens (including phenoxy) is 1. The summed E-state index contributed by atoms with van der Waals surface area (Å²) in [5.41, 5.74) is 0. The number of methoxy groups -OCH3 is 1. The van der Waals surface area contributed by atoms with Crippen LogP contribution in [0, 0.1) is 5.92 Å². The van der Waals surface area contributed by atoms with Crippen molar-refractivity contribution in [3.8, 4) is 0 Å². The first-order valence-corrected chi connectivity index (χ1v) is 7.01. The van der Waals surface area contributed by atoms with Crippen LogP contribution in [0.25, 0.3) is 0 Å². The molecule has 4 heteroatoms. The molecule has 2 atom stereocenters. The van der Waals surface area contributed by atoms with E-state index >= 15 is 0 Å². The molecule has 1 amide bonds. The lowest BCUT2D eigenvalue weighted by Crippen LogP contribution is -2.48. The molecule has 2 aliphatic rings. The number of amides is 1. The normalized spacial score (nSPS) is 28.2. The third-order valence-electron chi connectivity index (χ3n) is 3.93. The maximum atomic E-state index is 11.5. The molecule has 0 aromatic rings. The number of rotatable bonds is 3. The Balaban J connectivity index is 1.72. The van der Waals surface area contributed by atoms with Crippen LogP contribution in [-0.4, -0.2) is 43.8 Å². The smallest absolute Gasteiger partial charge is 0.409 e.